The number of fused-ring (bicyclic) bond motifs is 11. The normalized spacial score (nSPS) is 13.0. The number of aliphatic imine (C=N–C) groups is 2. The molecule has 2 heterocycles. The molecule has 11 aromatic carbocycles. The van der Waals surface area contributed by atoms with Crippen LogP contribution >= 0.6 is 0 Å². The van der Waals surface area contributed by atoms with Gasteiger partial charge in [-0.1, -0.05) is 176 Å². The molecule has 0 aliphatic heterocycles. The Morgan fingerprint density at radius 3 is 1.81 bits per heavy atom. The highest BCUT2D eigenvalue weighted by Gasteiger charge is 2.22. The van der Waals surface area contributed by atoms with Crippen LogP contribution in [-0.4, -0.2) is 20.7 Å². The Kier molecular flexibility index (Phi) is 9.00. The average Bonchev–Trinajstić information content (AvgIpc) is 3.89. The first-order chi connectivity index (χ1) is 33.1. The maximum Gasteiger partial charge on any atom is 0.155 e. The highest BCUT2D eigenvalue weighted by atomic mass is 15.0. The lowest BCUT2D eigenvalue weighted by Gasteiger charge is -2.16. The van der Waals surface area contributed by atoms with Crippen LogP contribution in [0.4, 0.5) is 0 Å². The van der Waals surface area contributed by atoms with Crippen molar-refractivity contribution in [1.29, 1.82) is 0 Å². The number of amidine groups is 1. The number of rotatable bonds is 6. The first-order valence-electron chi connectivity index (χ1n) is 23.1. The molecule has 1 atom stereocenters. The summed E-state index contributed by atoms with van der Waals surface area (Å²) in [7, 11) is 0. The van der Waals surface area contributed by atoms with E-state index in [1.165, 1.54) is 65.0 Å². The smallest absolute Gasteiger partial charge is 0.155 e. The van der Waals surface area contributed by atoms with Gasteiger partial charge >= 0.3 is 0 Å². The fourth-order valence-electron chi connectivity index (χ4n) is 10.6. The van der Waals surface area contributed by atoms with Gasteiger partial charge in [-0.3, -0.25) is 4.99 Å². The largest absolute Gasteiger partial charge is 0.309 e. The van der Waals surface area contributed by atoms with Crippen molar-refractivity contribution in [2.75, 3.05) is 0 Å². The van der Waals surface area contributed by atoms with E-state index in [9.17, 15) is 0 Å². The van der Waals surface area contributed by atoms with Crippen molar-refractivity contribution in [3.63, 3.8) is 0 Å². The molecule has 67 heavy (non-hydrogen) atoms. The van der Waals surface area contributed by atoms with Crippen LogP contribution in [0.2, 0.25) is 0 Å². The molecule has 0 saturated heterocycles. The fourth-order valence-corrected chi connectivity index (χ4v) is 10.6. The highest BCUT2D eigenvalue weighted by Crippen LogP contribution is 2.43. The Morgan fingerprint density at radius 1 is 0.403 bits per heavy atom. The predicted molar refractivity (Wildman–Crippen MR) is 285 cm³/mol. The van der Waals surface area contributed by atoms with Gasteiger partial charge in [0.25, 0.3) is 0 Å². The van der Waals surface area contributed by atoms with E-state index in [4.69, 9.17) is 9.98 Å². The summed E-state index contributed by atoms with van der Waals surface area (Å²) in [6, 6.07) is 81.3. The van der Waals surface area contributed by atoms with Crippen LogP contribution in [0.5, 0.6) is 0 Å². The molecule has 4 heteroatoms. The number of nitrogens with zero attached hydrogens (tertiary/aromatic N) is 4. The van der Waals surface area contributed by atoms with E-state index in [0.717, 1.165) is 55.5 Å². The van der Waals surface area contributed by atoms with E-state index < -0.39 is 0 Å². The maximum atomic E-state index is 5.42. The molecule has 0 N–H and O–H groups in total. The summed E-state index contributed by atoms with van der Waals surface area (Å²) in [5.41, 5.74) is 11.1. The van der Waals surface area contributed by atoms with Gasteiger partial charge in [-0.15, -0.1) is 0 Å². The van der Waals surface area contributed by atoms with Gasteiger partial charge in [0.15, 0.2) is 5.84 Å². The van der Waals surface area contributed by atoms with Gasteiger partial charge in [0, 0.05) is 49.5 Å². The number of hydrogen-bond donors (Lipinski definition) is 0. The molecule has 2 aromatic heterocycles. The second-order valence-electron chi connectivity index (χ2n) is 17.8. The van der Waals surface area contributed by atoms with E-state index in [0.29, 0.717) is 5.84 Å². The van der Waals surface area contributed by atoms with Crippen molar-refractivity contribution in [2.24, 2.45) is 9.98 Å². The van der Waals surface area contributed by atoms with E-state index in [-0.39, 0.29) is 6.04 Å². The minimum Gasteiger partial charge on any atom is -0.309 e. The van der Waals surface area contributed by atoms with Crippen LogP contribution in [0.15, 0.2) is 234 Å². The van der Waals surface area contributed by atoms with Crippen molar-refractivity contribution < 1.29 is 0 Å². The van der Waals surface area contributed by atoms with E-state index >= 15 is 0 Å². The maximum absolute atomic E-state index is 5.42. The SMILES string of the molecule is C/C(=N\C(=N/[C@H](C)c1ccccc1)c1ccc2ccccc2c1)c1ccc(-n2c3ccccc3c3cc4c5c6ccccc6ccc5n(-c5ccc6ccccc6c5)c4cc32)c2ccccc12. The van der Waals surface area contributed by atoms with Crippen LogP contribution in [0.25, 0.3) is 98.1 Å². The second kappa shape index (κ2) is 15.5. The van der Waals surface area contributed by atoms with E-state index in [2.05, 4.69) is 247 Å². The standard InChI is InChI=1S/C63H44N4/c1-40(42-16-4-3-5-17-42)64-63(48-29-28-43-18-6-8-21-46(43)36-48)65-41(2)50-33-35-58(53-25-13-12-24-52(50)53)67-57-27-15-14-26-54(57)55-38-56-61(39-60(55)67)66(49-32-30-44-19-7-9-22-47(44)37-49)59-34-31-45-20-10-11-23-51(45)62(56)59/h3-40H,1-2H3/b64-63-,65-41+/t40-/m1/s1. The summed E-state index contributed by atoms with van der Waals surface area (Å²) in [6.45, 7) is 4.27. The third kappa shape index (κ3) is 6.36. The molecule has 0 spiro atoms. The van der Waals surface area contributed by atoms with Crippen molar-refractivity contribution in [3.8, 4) is 11.4 Å². The molecule has 0 saturated carbocycles. The number of para-hydroxylation sites is 1. The third-order valence-corrected chi connectivity index (χ3v) is 13.9. The summed E-state index contributed by atoms with van der Waals surface area (Å²) >= 11 is 0. The molecule has 13 aromatic rings. The van der Waals surface area contributed by atoms with Gasteiger partial charge in [0.05, 0.1) is 33.8 Å². The molecule has 0 amide bonds. The number of aromatic nitrogens is 2. The van der Waals surface area contributed by atoms with Gasteiger partial charge in [-0.05, 0) is 106 Å². The van der Waals surface area contributed by atoms with Gasteiger partial charge < -0.3 is 9.13 Å². The first kappa shape index (κ1) is 38.8. The number of hydrogen-bond acceptors (Lipinski definition) is 1. The molecular weight excluding hydrogens is 813 g/mol. The van der Waals surface area contributed by atoms with Crippen LogP contribution in [0, 0.1) is 0 Å². The monoisotopic (exact) mass is 856 g/mol. The molecule has 0 aliphatic carbocycles. The molecule has 0 radical (unpaired) electrons. The Hall–Kier alpha value is -8.60. The molecule has 13 rings (SSSR count). The molecular formula is C63H44N4. The van der Waals surface area contributed by atoms with Crippen LogP contribution in [0.1, 0.15) is 36.6 Å². The summed E-state index contributed by atoms with van der Waals surface area (Å²) < 4.78 is 4.95. The predicted octanol–water partition coefficient (Wildman–Crippen LogP) is 16.5. The summed E-state index contributed by atoms with van der Waals surface area (Å²) in [4.78, 5) is 10.7. The lowest BCUT2D eigenvalue weighted by atomic mass is 9.99. The first-order valence-corrected chi connectivity index (χ1v) is 23.1. The molecule has 0 fully saturated rings. The van der Waals surface area contributed by atoms with Crippen molar-refractivity contribution in [1.82, 2.24) is 9.13 Å². The van der Waals surface area contributed by atoms with Crippen LogP contribution in [0.3, 0.4) is 0 Å². The summed E-state index contributed by atoms with van der Waals surface area (Å²) in [5, 5.41) is 14.6. The van der Waals surface area contributed by atoms with Gasteiger partial charge in [-0.25, -0.2) is 4.99 Å². The van der Waals surface area contributed by atoms with Crippen LogP contribution in [-0.2, 0) is 0 Å². The zero-order valence-electron chi connectivity index (χ0n) is 37.2. The lowest BCUT2D eigenvalue weighted by Crippen LogP contribution is -2.07. The minimum atomic E-state index is -0.0845. The molecule has 4 nitrogen and oxygen atoms in total. The zero-order valence-corrected chi connectivity index (χ0v) is 37.2. The topological polar surface area (TPSA) is 34.6 Å². The fraction of sp³-hybridized carbons (Fsp3) is 0.0476. The Bertz CT molecular complexity index is 4190. The molecule has 0 bridgehead atoms. The van der Waals surface area contributed by atoms with Crippen molar-refractivity contribution >= 4 is 98.2 Å². The Labute approximate surface area is 388 Å². The van der Waals surface area contributed by atoms with Gasteiger partial charge in [0.1, 0.15) is 0 Å². The highest BCUT2D eigenvalue weighted by molar-refractivity contribution is 6.26. The summed E-state index contributed by atoms with van der Waals surface area (Å²) in [6.07, 6.45) is 0. The Balaban J connectivity index is 1.03. The van der Waals surface area contributed by atoms with Crippen molar-refractivity contribution in [2.45, 2.75) is 19.9 Å². The van der Waals surface area contributed by atoms with Crippen molar-refractivity contribution in [3.05, 3.63) is 241 Å². The average molecular weight is 857 g/mol. The minimum absolute atomic E-state index is 0.0845. The number of benzene rings is 11. The molecule has 316 valence electrons. The van der Waals surface area contributed by atoms with Crippen LogP contribution < -0.4 is 0 Å². The zero-order chi connectivity index (χ0) is 44.6. The second-order valence-corrected chi connectivity index (χ2v) is 17.8. The van der Waals surface area contributed by atoms with E-state index in [1.54, 1.807) is 0 Å². The molecule has 0 unspecified atom stereocenters. The van der Waals surface area contributed by atoms with Gasteiger partial charge in [-0.2, -0.15) is 0 Å². The molecule has 0 aliphatic rings. The quantitative estimate of drug-likeness (QED) is 0.118. The van der Waals surface area contributed by atoms with E-state index in [1.807, 2.05) is 0 Å². The Morgan fingerprint density at radius 2 is 1.01 bits per heavy atom. The summed E-state index contributed by atoms with van der Waals surface area (Å²) in [5.74, 6) is 0.716. The lowest BCUT2D eigenvalue weighted by molar-refractivity contribution is 0.818. The third-order valence-electron chi connectivity index (χ3n) is 13.9. The van der Waals surface area contributed by atoms with Gasteiger partial charge in [0.2, 0.25) is 0 Å².